The summed E-state index contributed by atoms with van der Waals surface area (Å²) < 4.78 is 50.7. The highest BCUT2D eigenvalue weighted by Gasteiger charge is 2.28. The summed E-state index contributed by atoms with van der Waals surface area (Å²) in [4.78, 5) is 13.0. The van der Waals surface area contributed by atoms with Crippen LogP contribution in [0.4, 0.5) is 18.9 Å². The maximum Gasteiger partial charge on any atom is 0.178 e. The number of nitrogens with zero attached hydrogens (tertiary/aromatic N) is 4. The minimum atomic E-state index is -0.626. The molecule has 3 aliphatic rings. The predicted octanol–water partition coefficient (Wildman–Crippen LogP) is 5.96. The minimum Gasteiger partial charge on any atom is -0.486 e. The predicted molar refractivity (Wildman–Crippen MR) is 141 cm³/mol. The maximum atomic E-state index is 15.1. The Hall–Kier alpha value is -3.13. The number of halogens is 3. The van der Waals surface area contributed by atoms with Crippen molar-refractivity contribution in [3.05, 3.63) is 70.9 Å². The fourth-order valence-corrected chi connectivity index (χ4v) is 5.85. The summed E-state index contributed by atoms with van der Waals surface area (Å²) >= 11 is 0. The van der Waals surface area contributed by atoms with E-state index in [9.17, 15) is 4.39 Å². The monoisotopic (exact) mass is 522 g/mol. The highest BCUT2D eigenvalue weighted by molar-refractivity contribution is 5.72. The number of likely N-dealkylation sites (tertiary alicyclic amines) is 1. The molecule has 1 aliphatic carbocycles. The SMILES string of the molecule is CN1CCC(c2ccc(Cc3ncc(F)c(-c4cc(F)c5c(c4)N(CC4CCC4)CCO5)n3)cc2F)CC1. The van der Waals surface area contributed by atoms with E-state index in [-0.39, 0.29) is 29.6 Å². The zero-order chi connectivity index (χ0) is 26.2. The first-order valence-corrected chi connectivity index (χ1v) is 13.6. The second-order valence-corrected chi connectivity index (χ2v) is 11.0. The maximum absolute atomic E-state index is 15.1. The number of piperidine rings is 1. The van der Waals surface area contributed by atoms with Crippen molar-refractivity contribution in [3.63, 3.8) is 0 Å². The normalized spacial score (nSPS) is 18.7. The molecule has 38 heavy (non-hydrogen) atoms. The van der Waals surface area contributed by atoms with Crippen molar-refractivity contribution in [2.45, 2.75) is 44.4 Å². The molecule has 0 bridgehead atoms. The number of ether oxygens (including phenoxy) is 1. The summed E-state index contributed by atoms with van der Waals surface area (Å²) in [6.45, 7) is 3.87. The van der Waals surface area contributed by atoms with Crippen molar-refractivity contribution in [3.8, 4) is 17.0 Å². The summed E-state index contributed by atoms with van der Waals surface area (Å²) in [5, 5.41) is 0. The van der Waals surface area contributed by atoms with Gasteiger partial charge < -0.3 is 14.5 Å². The molecule has 0 atom stereocenters. The van der Waals surface area contributed by atoms with Crippen LogP contribution in [-0.2, 0) is 6.42 Å². The average molecular weight is 523 g/mol. The third kappa shape index (κ3) is 5.10. The molecule has 200 valence electrons. The van der Waals surface area contributed by atoms with Crippen molar-refractivity contribution in [2.75, 3.05) is 44.7 Å². The van der Waals surface area contributed by atoms with Crippen LogP contribution in [0.25, 0.3) is 11.3 Å². The first-order valence-electron chi connectivity index (χ1n) is 13.6. The molecule has 6 rings (SSSR count). The van der Waals surface area contributed by atoms with Gasteiger partial charge in [-0.1, -0.05) is 18.6 Å². The van der Waals surface area contributed by atoms with Crippen LogP contribution in [0.2, 0.25) is 0 Å². The van der Waals surface area contributed by atoms with Crippen LogP contribution in [0.5, 0.6) is 5.75 Å². The minimum absolute atomic E-state index is 0.0364. The standard InChI is InChI=1S/C30H33F3N4O/c1-36-9-7-21(8-10-36)23-6-5-20(13-24(23)31)14-28-34-17-26(33)29(35-28)22-15-25(32)30-27(16-22)37(11-12-38-30)18-19-3-2-4-19/h5-6,13,15-17,19,21H,2-4,7-12,14,18H2,1H3. The zero-order valence-corrected chi connectivity index (χ0v) is 21.7. The third-order valence-electron chi connectivity index (χ3n) is 8.33. The van der Waals surface area contributed by atoms with E-state index in [4.69, 9.17) is 4.74 Å². The van der Waals surface area contributed by atoms with Gasteiger partial charge in [0.25, 0.3) is 0 Å². The summed E-state index contributed by atoms with van der Waals surface area (Å²) in [6, 6.07) is 8.34. The molecule has 5 nitrogen and oxygen atoms in total. The lowest BCUT2D eigenvalue weighted by atomic mass is 9.85. The van der Waals surface area contributed by atoms with E-state index >= 15 is 8.78 Å². The lowest BCUT2D eigenvalue weighted by Crippen LogP contribution is -2.38. The molecule has 0 unspecified atom stereocenters. The van der Waals surface area contributed by atoms with Gasteiger partial charge in [-0.3, -0.25) is 0 Å². The van der Waals surface area contributed by atoms with Crippen LogP contribution >= 0.6 is 0 Å². The van der Waals surface area contributed by atoms with Gasteiger partial charge in [-0.15, -0.1) is 0 Å². The lowest BCUT2D eigenvalue weighted by molar-refractivity contribution is 0.253. The van der Waals surface area contributed by atoms with Crippen LogP contribution < -0.4 is 9.64 Å². The van der Waals surface area contributed by atoms with Gasteiger partial charge in [0.05, 0.1) is 18.4 Å². The van der Waals surface area contributed by atoms with Gasteiger partial charge in [-0.25, -0.2) is 23.1 Å². The smallest absolute Gasteiger partial charge is 0.178 e. The van der Waals surface area contributed by atoms with Crippen LogP contribution in [0.1, 0.15) is 55.0 Å². The summed E-state index contributed by atoms with van der Waals surface area (Å²) in [5.41, 5.74) is 2.49. The molecule has 0 radical (unpaired) electrons. The Balaban J connectivity index is 1.25. The molecule has 0 N–H and O–H groups in total. The van der Waals surface area contributed by atoms with Gasteiger partial charge in [0.2, 0.25) is 0 Å². The number of hydrogen-bond donors (Lipinski definition) is 0. The van der Waals surface area contributed by atoms with E-state index < -0.39 is 11.6 Å². The largest absolute Gasteiger partial charge is 0.486 e. The van der Waals surface area contributed by atoms with Gasteiger partial charge in [0, 0.05) is 18.5 Å². The Morgan fingerprint density at radius 1 is 0.947 bits per heavy atom. The number of hydrogen-bond acceptors (Lipinski definition) is 5. The Morgan fingerprint density at radius 2 is 1.76 bits per heavy atom. The number of fused-ring (bicyclic) bond motifs is 1. The van der Waals surface area contributed by atoms with Crippen LogP contribution in [0.3, 0.4) is 0 Å². The molecule has 1 aromatic heterocycles. The number of aromatic nitrogens is 2. The van der Waals surface area contributed by atoms with Gasteiger partial charge in [-0.05, 0) is 87.0 Å². The van der Waals surface area contributed by atoms with Crippen LogP contribution in [-0.4, -0.2) is 54.7 Å². The Morgan fingerprint density at radius 3 is 2.50 bits per heavy atom. The fraction of sp³-hybridized carbons (Fsp3) is 0.467. The average Bonchev–Trinajstić information content (AvgIpc) is 2.88. The Kier molecular flexibility index (Phi) is 6.99. The lowest BCUT2D eigenvalue weighted by Gasteiger charge is -2.37. The molecule has 0 amide bonds. The van der Waals surface area contributed by atoms with E-state index in [1.807, 2.05) is 12.1 Å². The van der Waals surface area contributed by atoms with E-state index in [1.165, 1.54) is 31.4 Å². The molecule has 3 aromatic rings. The van der Waals surface area contributed by atoms with E-state index in [2.05, 4.69) is 26.8 Å². The highest BCUT2D eigenvalue weighted by atomic mass is 19.1. The fourth-order valence-electron chi connectivity index (χ4n) is 5.85. The van der Waals surface area contributed by atoms with Crippen molar-refractivity contribution >= 4 is 5.69 Å². The summed E-state index contributed by atoms with van der Waals surface area (Å²) in [6.07, 6.45) is 6.84. The zero-order valence-electron chi connectivity index (χ0n) is 21.7. The number of rotatable bonds is 6. The first kappa shape index (κ1) is 25.2. The molecular formula is C30H33F3N4O. The van der Waals surface area contributed by atoms with Crippen molar-refractivity contribution in [1.29, 1.82) is 0 Å². The molecule has 2 aliphatic heterocycles. The van der Waals surface area contributed by atoms with Crippen molar-refractivity contribution in [2.24, 2.45) is 5.92 Å². The van der Waals surface area contributed by atoms with Crippen molar-refractivity contribution < 1.29 is 17.9 Å². The molecular weight excluding hydrogens is 489 g/mol. The summed E-state index contributed by atoms with van der Waals surface area (Å²) in [5.74, 6) is 0.0218. The summed E-state index contributed by atoms with van der Waals surface area (Å²) in [7, 11) is 2.09. The molecule has 0 spiro atoms. The van der Waals surface area contributed by atoms with Gasteiger partial charge in [0.15, 0.2) is 17.4 Å². The third-order valence-corrected chi connectivity index (χ3v) is 8.33. The second kappa shape index (κ2) is 10.6. The van der Waals surface area contributed by atoms with Crippen LogP contribution in [0.15, 0.2) is 36.5 Å². The molecule has 2 aromatic carbocycles. The molecule has 1 saturated heterocycles. The van der Waals surface area contributed by atoms with Gasteiger partial charge in [-0.2, -0.15) is 0 Å². The number of anilines is 1. The molecule has 2 fully saturated rings. The van der Waals surface area contributed by atoms with Gasteiger partial charge >= 0.3 is 0 Å². The molecule has 1 saturated carbocycles. The van der Waals surface area contributed by atoms with Crippen molar-refractivity contribution in [1.82, 2.24) is 14.9 Å². The highest BCUT2D eigenvalue weighted by Crippen LogP contribution is 2.40. The van der Waals surface area contributed by atoms with E-state index in [0.29, 0.717) is 41.7 Å². The van der Waals surface area contributed by atoms with Crippen LogP contribution in [0, 0.1) is 23.4 Å². The quantitative estimate of drug-likeness (QED) is 0.400. The van der Waals surface area contributed by atoms with E-state index in [1.54, 1.807) is 6.07 Å². The Labute approximate surface area is 221 Å². The van der Waals surface area contributed by atoms with E-state index in [0.717, 1.165) is 44.2 Å². The Bertz CT molecular complexity index is 1320. The number of benzene rings is 2. The topological polar surface area (TPSA) is 41.5 Å². The molecule has 8 heteroatoms. The van der Waals surface area contributed by atoms with Gasteiger partial charge in [0.1, 0.15) is 23.9 Å². The first-order chi connectivity index (χ1) is 18.4. The second-order valence-electron chi connectivity index (χ2n) is 11.0. The molecule has 3 heterocycles.